The number of nitrogens with two attached hydrogens (primary N) is 1. The number of ether oxygens (including phenoxy) is 3. The Kier molecular flexibility index (Phi) is 6.26. The highest BCUT2D eigenvalue weighted by Gasteiger charge is 2.19. The second-order valence-electron chi connectivity index (χ2n) is 5.40. The van der Waals surface area contributed by atoms with Crippen LogP contribution in [0.25, 0.3) is 6.08 Å². The fourth-order valence-corrected chi connectivity index (χ4v) is 3.21. The quantitative estimate of drug-likeness (QED) is 0.559. The van der Waals surface area contributed by atoms with Gasteiger partial charge in [-0.05, 0) is 47.7 Å². The van der Waals surface area contributed by atoms with Crippen LogP contribution in [0.5, 0.6) is 17.2 Å². The van der Waals surface area contributed by atoms with Gasteiger partial charge in [-0.15, -0.1) is 0 Å². The second-order valence-corrected chi connectivity index (χ2v) is 6.87. The first-order valence-electron chi connectivity index (χ1n) is 8.03. The third-order valence-electron chi connectivity index (χ3n) is 3.56. The van der Waals surface area contributed by atoms with E-state index in [1.165, 1.54) is 0 Å². The molecule has 1 aliphatic rings. The number of para-hydroxylation sites is 1. The summed E-state index contributed by atoms with van der Waals surface area (Å²) in [6.45, 7) is 0.654. The Morgan fingerprint density at radius 2 is 1.85 bits per heavy atom. The van der Waals surface area contributed by atoms with E-state index in [4.69, 9.17) is 31.5 Å². The molecule has 2 N–H and O–H groups in total. The first-order chi connectivity index (χ1) is 13.1. The van der Waals surface area contributed by atoms with E-state index in [1.54, 1.807) is 37.5 Å². The molecule has 140 valence electrons. The standard InChI is InChI=1S/C19H17ClN2O4S/c1-24-16-10-12(11-17-18(23)22-19(21)27-17)6-7-15(16)26-9-8-25-14-5-3-2-4-13(14)20/h2-7,10-11H,8-9H2,1H3,(H2,21,22,23)/b17-11+. The van der Waals surface area contributed by atoms with Gasteiger partial charge < -0.3 is 19.9 Å². The minimum Gasteiger partial charge on any atom is -0.493 e. The third kappa shape index (κ3) is 4.96. The van der Waals surface area contributed by atoms with Crippen molar-refractivity contribution in [2.45, 2.75) is 0 Å². The highest BCUT2D eigenvalue weighted by Crippen LogP contribution is 2.32. The molecule has 0 unspecified atom stereocenters. The number of carbonyl (C=O) groups excluding carboxylic acids is 1. The number of rotatable bonds is 7. The molecule has 0 aliphatic carbocycles. The number of benzene rings is 2. The molecule has 0 saturated carbocycles. The Morgan fingerprint density at radius 1 is 1.11 bits per heavy atom. The molecule has 0 radical (unpaired) electrons. The predicted molar refractivity (Wildman–Crippen MR) is 108 cm³/mol. The summed E-state index contributed by atoms with van der Waals surface area (Å²) >= 11 is 7.18. The summed E-state index contributed by atoms with van der Waals surface area (Å²) in [5.41, 5.74) is 6.34. The third-order valence-corrected chi connectivity index (χ3v) is 4.68. The van der Waals surface area contributed by atoms with Crippen LogP contribution in [0.2, 0.25) is 5.02 Å². The molecule has 2 aromatic carbocycles. The van der Waals surface area contributed by atoms with Crippen LogP contribution in [0.1, 0.15) is 5.56 Å². The van der Waals surface area contributed by atoms with Gasteiger partial charge in [0.2, 0.25) is 0 Å². The van der Waals surface area contributed by atoms with Crippen LogP contribution in [-0.4, -0.2) is 31.4 Å². The lowest BCUT2D eigenvalue weighted by molar-refractivity contribution is -0.113. The van der Waals surface area contributed by atoms with Gasteiger partial charge in [-0.2, -0.15) is 4.99 Å². The minimum absolute atomic E-state index is 0.247. The van der Waals surface area contributed by atoms with Crippen molar-refractivity contribution in [3.8, 4) is 17.2 Å². The number of hydrogen-bond acceptors (Lipinski definition) is 6. The average molecular weight is 405 g/mol. The summed E-state index contributed by atoms with van der Waals surface area (Å²) in [5.74, 6) is 1.39. The Balaban J connectivity index is 1.60. The smallest absolute Gasteiger partial charge is 0.286 e. The van der Waals surface area contributed by atoms with Crippen LogP contribution in [0.15, 0.2) is 52.4 Å². The van der Waals surface area contributed by atoms with Crippen LogP contribution < -0.4 is 19.9 Å². The SMILES string of the molecule is COc1cc(/C=C2/SC(N)=NC2=O)ccc1OCCOc1ccccc1Cl. The lowest BCUT2D eigenvalue weighted by Gasteiger charge is -2.12. The van der Waals surface area contributed by atoms with Crippen LogP contribution >= 0.6 is 23.4 Å². The summed E-state index contributed by atoms with van der Waals surface area (Å²) in [6.07, 6.45) is 1.71. The zero-order valence-corrected chi connectivity index (χ0v) is 16.0. The van der Waals surface area contributed by atoms with Crippen molar-refractivity contribution in [3.63, 3.8) is 0 Å². The predicted octanol–water partition coefficient (Wildman–Crippen LogP) is 3.74. The van der Waals surface area contributed by atoms with E-state index in [-0.39, 0.29) is 11.1 Å². The summed E-state index contributed by atoms with van der Waals surface area (Å²) < 4.78 is 16.7. The van der Waals surface area contributed by atoms with Crippen molar-refractivity contribution in [1.29, 1.82) is 0 Å². The first kappa shape index (κ1) is 19.1. The van der Waals surface area contributed by atoms with E-state index in [9.17, 15) is 4.79 Å². The molecule has 3 rings (SSSR count). The molecule has 2 aromatic rings. The molecule has 8 heteroatoms. The topological polar surface area (TPSA) is 83.1 Å². The molecule has 0 spiro atoms. The number of methoxy groups -OCH3 is 1. The average Bonchev–Trinajstić information content (AvgIpc) is 2.97. The number of hydrogen-bond donors (Lipinski definition) is 1. The number of carbonyl (C=O) groups is 1. The maximum absolute atomic E-state index is 11.7. The van der Waals surface area contributed by atoms with Gasteiger partial charge >= 0.3 is 0 Å². The van der Waals surface area contributed by atoms with E-state index in [1.807, 2.05) is 18.2 Å². The summed E-state index contributed by atoms with van der Waals surface area (Å²) in [6, 6.07) is 12.6. The van der Waals surface area contributed by atoms with Gasteiger partial charge in [-0.25, -0.2) is 0 Å². The number of aliphatic imine (C=N–C) groups is 1. The molecular formula is C19H17ClN2O4S. The van der Waals surface area contributed by atoms with Gasteiger partial charge in [0.15, 0.2) is 16.7 Å². The molecule has 27 heavy (non-hydrogen) atoms. The molecule has 0 saturated heterocycles. The summed E-state index contributed by atoms with van der Waals surface area (Å²) in [5, 5.41) is 0.799. The zero-order valence-electron chi connectivity index (χ0n) is 14.5. The lowest BCUT2D eigenvalue weighted by Crippen LogP contribution is -2.09. The lowest BCUT2D eigenvalue weighted by atomic mass is 10.2. The molecule has 6 nitrogen and oxygen atoms in total. The van der Waals surface area contributed by atoms with Crippen molar-refractivity contribution in [1.82, 2.24) is 0 Å². The fourth-order valence-electron chi connectivity index (χ4n) is 2.34. The maximum Gasteiger partial charge on any atom is 0.286 e. The number of amidine groups is 1. The van der Waals surface area contributed by atoms with Gasteiger partial charge in [-0.3, -0.25) is 4.79 Å². The van der Waals surface area contributed by atoms with E-state index in [0.717, 1.165) is 17.3 Å². The van der Waals surface area contributed by atoms with Crippen molar-refractivity contribution in [2.75, 3.05) is 20.3 Å². The fraction of sp³-hybridized carbons (Fsp3) is 0.158. The number of nitrogens with zero attached hydrogens (tertiary/aromatic N) is 1. The second kappa shape index (κ2) is 8.83. The van der Waals surface area contributed by atoms with Crippen molar-refractivity contribution >= 4 is 40.5 Å². The molecule has 1 heterocycles. The summed E-state index contributed by atoms with van der Waals surface area (Å²) in [7, 11) is 1.55. The van der Waals surface area contributed by atoms with E-state index >= 15 is 0 Å². The van der Waals surface area contributed by atoms with Gasteiger partial charge in [0.05, 0.1) is 17.0 Å². The molecular weight excluding hydrogens is 388 g/mol. The molecule has 0 aromatic heterocycles. The van der Waals surface area contributed by atoms with Crippen LogP contribution in [0, 0.1) is 0 Å². The van der Waals surface area contributed by atoms with Crippen molar-refractivity contribution < 1.29 is 19.0 Å². The van der Waals surface area contributed by atoms with Crippen LogP contribution in [-0.2, 0) is 4.79 Å². The van der Waals surface area contributed by atoms with Crippen LogP contribution in [0.4, 0.5) is 0 Å². The number of amides is 1. The number of thioether (sulfide) groups is 1. The Bertz CT molecular complexity index is 914. The normalized spacial score (nSPS) is 15.0. The maximum atomic E-state index is 11.7. The zero-order chi connectivity index (χ0) is 19.2. The highest BCUT2D eigenvalue weighted by molar-refractivity contribution is 8.18. The molecule has 1 amide bonds. The van der Waals surface area contributed by atoms with Gasteiger partial charge in [-0.1, -0.05) is 29.8 Å². The highest BCUT2D eigenvalue weighted by atomic mass is 35.5. The van der Waals surface area contributed by atoms with Crippen LogP contribution in [0.3, 0.4) is 0 Å². The molecule has 1 aliphatic heterocycles. The van der Waals surface area contributed by atoms with Gasteiger partial charge in [0, 0.05) is 0 Å². The Hall–Kier alpha value is -2.64. The monoisotopic (exact) mass is 404 g/mol. The van der Waals surface area contributed by atoms with E-state index in [2.05, 4.69) is 4.99 Å². The Morgan fingerprint density at radius 3 is 2.52 bits per heavy atom. The van der Waals surface area contributed by atoms with Gasteiger partial charge in [0.1, 0.15) is 19.0 Å². The molecule has 0 fully saturated rings. The van der Waals surface area contributed by atoms with Gasteiger partial charge in [0.25, 0.3) is 5.91 Å². The van der Waals surface area contributed by atoms with E-state index < -0.39 is 0 Å². The number of halogens is 1. The largest absolute Gasteiger partial charge is 0.493 e. The molecule has 0 atom stereocenters. The van der Waals surface area contributed by atoms with Crippen molar-refractivity contribution in [3.05, 3.63) is 58.0 Å². The van der Waals surface area contributed by atoms with E-state index in [0.29, 0.717) is 40.4 Å². The van der Waals surface area contributed by atoms with Crippen molar-refractivity contribution in [2.24, 2.45) is 10.7 Å². The first-order valence-corrected chi connectivity index (χ1v) is 9.22. The summed E-state index contributed by atoms with van der Waals surface area (Å²) in [4.78, 5) is 15.8. The minimum atomic E-state index is -0.339. The molecule has 0 bridgehead atoms. The Labute approximate surface area is 166 Å².